The average molecular weight is 367 g/mol. The van der Waals surface area contributed by atoms with Crippen LogP contribution in [-0.4, -0.2) is 24.7 Å². The van der Waals surface area contributed by atoms with Gasteiger partial charge in [-0.2, -0.15) is 10.4 Å². The van der Waals surface area contributed by atoms with Crippen molar-refractivity contribution < 1.29 is 0 Å². The number of nitrogens with one attached hydrogen (secondary N) is 1. The third kappa shape index (κ3) is 4.54. The van der Waals surface area contributed by atoms with E-state index in [1.54, 1.807) is 6.33 Å². The summed E-state index contributed by atoms with van der Waals surface area (Å²) in [5, 5.41) is 14.7. The molecule has 0 bridgehead atoms. The van der Waals surface area contributed by atoms with Gasteiger partial charge in [0.15, 0.2) is 0 Å². The van der Waals surface area contributed by atoms with Crippen LogP contribution in [0.3, 0.4) is 0 Å². The summed E-state index contributed by atoms with van der Waals surface area (Å²) in [7, 11) is 0. The molecule has 0 aromatic carbocycles. The Morgan fingerprint density at radius 3 is 2.67 bits per heavy atom. The maximum absolute atomic E-state index is 9.18. The molecule has 1 saturated carbocycles. The fourth-order valence-electron chi connectivity index (χ4n) is 3.66. The van der Waals surface area contributed by atoms with Crippen LogP contribution in [0.2, 0.25) is 0 Å². The first kappa shape index (κ1) is 20.6. The summed E-state index contributed by atoms with van der Waals surface area (Å²) >= 11 is 0. The normalized spacial score (nSPS) is 14.6. The number of nitriles is 1. The zero-order valence-corrected chi connectivity index (χ0v) is 16.8. The average Bonchev–Trinajstić information content (AvgIpc) is 3.50. The van der Waals surface area contributed by atoms with Gasteiger partial charge in [0.2, 0.25) is 0 Å². The predicted molar refractivity (Wildman–Crippen MR) is 109 cm³/mol. The lowest BCUT2D eigenvalue weighted by atomic mass is 9.96. The molecule has 3 heterocycles. The summed E-state index contributed by atoms with van der Waals surface area (Å²) in [4.78, 5) is 11.7. The highest BCUT2D eigenvalue weighted by Crippen LogP contribution is 2.36. The Labute approximate surface area is 161 Å². The summed E-state index contributed by atoms with van der Waals surface area (Å²) in [6.45, 7) is 8.00. The SMILES string of the molecule is CC.CC.N#CCC(C1CCCC1)n1cc(-c2ncnc3[nH]ccc23)cn1. The smallest absolute Gasteiger partial charge is 0.141 e. The Morgan fingerprint density at radius 1 is 1.22 bits per heavy atom. The number of nitrogens with zero attached hydrogens (tertiary/aromatic N) is 5. The fraction of sp³-hybridized carbons (Fsp3) is 0.524. The highest BCUT2D eigenvalue weighted by atomic mass is 15.3. The number of hydrogen-bond donors (Lipinski definition) is 1. The van der Waals surface area contributed by atoms with Crippen LogP contribution >= 0.6 is 0 Å². The first-order valence-electron chi connectivity index (χ1n) is 10.1. The molecule has 1 atom stereocenters. The van der Waals surface area contributed by atoms with Crippen molar-refractivity contribution in [2.45, 2.75) is 65.8 Å². The maximum Gasteiger partial charge on any atom is 0.141 e. The van der Waals surface area contributed by atoms with E-state index in [-0.39, 0.29) is 6.04 Å². The van der Waals surface area contributed by atoms with Gasteiger partial charge in [0.1, 0.15) is 12.0 Å². The van der Waals surface area contributed by atoms with E-state index in [4.69, 9.17) is 0 Å². The Morgan fingerprint density at radius 2 is 1.96 bits per heavy atom. The number of aromatic nitrogens is 5. The van der Waals surface area contributed by atoms with Crippen LogP contribution in [0.4, 0.5) is 0 Å². The molecule has 3 aromatic rings. The van der Waals surface area contributed by atoms with Gasteiger partial charge in [-0.3, -0.25) is 4.68 Å². The molecule has 144 valence electrons. The van der Waals surface area contributed by atoms with Crippen LogP contribution in [0.5, 0.6) is 0 Å². The Kier molecular flexibility index (Phi) is 8.00. The monoisotopic (exact) mass is 366 g/mol. The molecular weight excluding hydrogens is 336 g/mol. The van der Waals surface area contributed by atoms with Crippen molar-refractivity contribution in [2.75, 3.05) is 0 Å². The van der Waals surface area contributed by atoms with E-state index in [1.807, 2.05) is 57.0 Å². The summed E-state index contributed by atoms with van der Waals surface area (Å²) in [6.07, 6.45) is 12.7. The molecule has 6 nitrogen and oxygen atoms in total. The molecule has 1 aliphatic carbocycles. The van der Waals surface area contributed by atoms with E-state index < -0.39 is 0 Å². The van der Waals surface area contributed by atoms with E-state index in [0.29, 0.717) is 12.3 Å². The molecule has 1 aliphatic rings. The summed E-state index contributed by atoms with van der Waals surface area (Å²) in [6, 6.07) is 4.47. The van der Waals surface area contributed by atoms with Crippen molar-refractivity contribution in [3.05, 3.63) is 31.0 Å². The van der Waals surface area contributed by atoms with E-state index in [0.717, 1.165) is 22.3 Å². The van der Waals surface area contributed by atoms with Gasteiger partial charge in [0.05, 0.1) is 30.4 Å². The number of hydrogen-bond acceptors (Lipinski definition) is 4. The molecule has 0 saturated heterocycles. The van der Waals surface area contributed by atoms with Crippen molar-refractivity contribution in [3.63, 3.8) is 0 Å². The highest BCUT2D eigenvalue weighted by Gasteiger charge is 2.27. The van der Waals surface area contributed by atoms with Gasteiger partial charge in [0.25, 0.3) is 0 Å². The summed E-state index contributed by atoms with van der Waals surface area (Å²) in [5.74, 6) is 0.556. The third-order valence-electron chi connectivity index (χ3n) is 4.81. The number of H-pyrrole nitrogens is 1. The molecule has 0 amide bonds. The number of rotatable bonds is 4. The Hall–Kier alpha value is -2.68. The molecule has 1 unspecified atom stereocenters. The van der Waals surface area contributed by atoms with E-state index in [2.05, 4.69) is 26.1 Å². The van der Waals surface area contributed by atoms with Crippen LogP contribution in [0.1, 0.15) is 65.8 Å². The van der Waals surface area contributed by atoms with Crippen molar-refractivity contribution in [1.29, 1.82) is 5.26 Å². The van der Waals surface area contributed by atoms with Gasteiger partial charge >= 0.3 is 0 Å². The minimum Gasteiger partial charge on any atom is -0.346 e. The maximum atomic E-state index is 9.18. The van der Waals surface area contributed by atoms with Crippen LogP contribution in [0.15, 0.2) is 31.0 Å². The molecular formula is C21H30N6. The molecule has 0 radical (unpaired) electrons. The lowest BCUT2D eigenvalue weighted by molar-refractivity contribution is 0.315. The minimum atomic E-state index is 0.166. The molecule has 27 heavy (non-hydrogen) atoms. The third-order valence-corrected chi connectivity index (χ3v) is 4.81. The molecule has 3 aromatic heterocycles. The van der Waals surface area contributed by atoms with E-state index in [1.165, 1.54) is 25.7 Å². The quantitative estimate of drug-likeness (QED) is 0.659. The molecule has 4 rings (SSSR count). The van der Waals surface area contributed by atoms with E-state index in [9.17, 15) is 5.26 Å². The van der Waals surface area contributed by atoms with Crippen LogP contribution in [-0.2, 0) is 0 Å². The largest absolute Gasteiger partial charge is 0.346 e. The lowest BCUT2D eigenvalue weighted by Gasteiger charge is -2.21. The van der Waals surface area contributed by atoms with Crippen LogP contribution < -0.4 is 0 Å². The molecule has 0 aliphatic heterocycles. The van der Waals surface area contributed by atoms with Gasteiger partial charge in [0, 0.05) is 23.3 Å². The van der Waals surface area contributed by atoms with Gasteiger partial charge in [-0.25, -0.2) is 9.97 Å². The van der Waals surface area contributed by atoms with Crippen molar-refractivity contribution in [3.8, 4) is 17.3 Å². The number of fused-ring (bicyclic) bond motifs is 1. The standard InChI is InChI=1S/C17H18N6.2C2H6/c18-7-5-15(12-3-1-2-4-12)23-10-13(9-22-23)16-14-6-8-19-17(14)21-11-20-16;2*1-2/h6,8-12,15H,1-5H2,(H,19,20,21);2*1-2H3. The molecule has 0 spiro atoms. The molecule has 1 N–H and O–H groups in total. The predicted octanol–water partition coefficient (Wildman–Crippen LogP) is 5.52. The van der Waals surface area contributed by atoms with Crippen LogP contribution in [0.25, 0.3) is 22.3 Å². The molecule has 6 heteroatoms. The van der Waals surface area contributed by atoms with Gasteiger partial charge in [-0.1, -0.05) is 40.5 Å². The van der Waals surface area contributed by atoms with E-state index >= 15 is 0 Å². The van der Waals surface area contributed by atoms with Crippen LogP contribution in [0, 0.1) is 17.2 Å². The second kappa shape index (κ2) is 10.5. The lowest BCUT2D eigenvalue weighted by Crippen LogP contribution is -2.17. The number of aromatic amines is 1. The second-order valence-electron chi connectivity index (χ2n) is 6.15. The fourth-order valence-corrected chi connectivity index (χ4v) is 3.66. The van der Waals surface area contributed by atoms with Gasteiger partial charge in [-0.15, -0.1) is 0 Å². The highest BCUT2D eigenvalue weighted by molar-refractivity contribution is 5.89. The summed E-state index contributed by atoms with van der Waals surface area (Å²) in [5.41, 5.74) is 2.68. The topological polar surface area (TPSA) is 83.2 Å². The molecule has 1 fully saturated rings. The van der Waals surface area contributed by atoms with Crippen molar-refractivity contribution in [2.24, 2.45) is 5.92 Å². The van der Waals surface area contributed by atoms with Gasteiger partial charge < -0.3 is 4.98 Å². The summed E-state index contributed by atoms with van der Waals surface area (Å²) < 4.78 is 1.97. The van der Waals surface area contributed by atoms with Crippen molar-refractivity contribution in [1.82, 2.24) is 24.7 Å². The first-order valence-corrected chi connectivity index (χ1v) is 10.1. The Balaban J connectivity index is 0.000000614. The van der Waals surface area contributed by atoms with Crippen molar-refractivity contribution >= 4 is 11.0 Å². The zero-order chi connectivity index (χ0) is 19.6. The van der Waals surface area contributed by atoms with Gasteiger partial charge in [-0.05, 0) is 24.8 Å². The zero-order valence-electron chi connectivity index (χ0n) is 16.8. The minimum absolute atomic E-state index is 0.166. The Bertz CT molecular complexity index is 851. The first-order chi connectivity index (χ1) is 13.4. The second-order valence-corrected chi connectivity index (χ2v) is 6.15.